The lowest BCUT2D eigenvalue weighted by Crippen LogP contribution is -2.36. The lowest BCUT2D eigenvalue weighted by Gasteiger charge is -2.26. The zero-order valence-corrected chi connectivity index (χ0v) is 17.3. The molecule has 142 valence electrons. The van der Waals surface area contributed by atoms with Gasteiger partial charge in [0.1, 0.15) is 5.82 Å². The van der Waals surface area contributed by atoms with Gasteiger partial charge in [-0.3, -0.25) is 4.90 Å². The van der Waals surface area contributed by atoms with E-state index in [1.54, 1.807) is 17.8 Å². The topological polar surface area (TPSA) is 43.2 Å². The van der Waals surface area contributed by atoms with E-state index in [9.17, 15) is 0 Å². The fourth-order valence-corrected chi connectivity index (χ4v) is 4.05. The van der Waals surface area contributed by atoms with Crippen LogP contribution in [0.15, 0.2) is 23.4 Å². The van der Waals surface area contributed by atoms with Crippen molar-refractivity contribution in [2.24, 2.45) is 0 Å². The molecule has 5 nitrogen and oxygen atoms in total. The number of nitrogens with zero attached hydrogens (tertiary/aromatic N) is 4. The summed E-state index contributed by atoms with van der Waals surface area (Å²) in [6.07, 6.45) is 3.65. The first-order valence-electron chi connectivity index (χ1n) is 8.95. The number of hydrogen-bond acceptors (Lipinski definition) is 5. The summed E-state index contributed by atoms with van der Waals surface area (Å²) >= 11 is 13.8. The van der Waals surface area contributed by atoms with Gasteiger partial charge >= 0.3 is 0 Å². The van der Waals surface area contributed by atoms with E-state index in [4.69, 9.17) is 27.9 Å². The third kappa shape index (κ3) is 5.60. The molecule has 2 heterocycles. The SMILES string of the molecule is Cc1nc(SCCCCCN2CCOCC2)nn1-c1ccc(Cl)c(Cl)c1. The lowest BCUT2D eigenvalue weighted by molar-refractivity contribution is 0.0372. The maximum absolute atomic E-state index is 6.10. The molecule has 0 spiro atoms. The van der Waals surface area contributed by atoms with Crippen molar-refractivity contribution in [3.63, 3.8) is 0 Å². The zero-order chi connectivity index (χ0) is 18.4. The van der Waals surface area contributed by atoms with Gasteiger partial charge in [0.25, 0.3) is 0 Å². The Morgan fingerprint density at radius 3 is 2.69 bits per heavy atom. The van der Waals surface area contributed by atoms with Crippen molar-refractivity contribution < 1.29 is 4.74 Å². The molecule has 1 aromatic carbocycles. The normalized spacial score (nSPS) is 15.5. The maximum atomic E-state index is 6.10. The lowest BCUT2D eigenvalue weighted by atomic mass is 10.2. The number of morpholine rings is 1. The minimum atomic E-state index is 0.522. The predicted molar refractivity (Wildman–Crippen MR) is 108 cm³/mol. The van der Waals surface area contributed by atoms with Gasteiger partial charge in [0.15, 0.2) is 0 Å². The number of thioether (sulfide) groups is 1. The Morgan fingerprint density at radius 1 is 1.12 bits per heavy atom. The van der Waals surface area contributed by atoms with Crippen LogP contribution in [0.1, 0.15) is 25.1 Å². The quantitative estimate of drug-likeness (QED) is 0.470. The van der Waals surface area contributed by atoms with Gasteiger partial charge in [0.2, 0.25) is 5.16 Å². The summed E-state index contributed by atoms with van der Waals surface area (Å²) in [7, 11) is 0. The number of unbranched alkanes of at least 4 members (excludes halogenated alkanes) is 2. The number of benzene rings is 1. The van der Waals surface area contributed by atoms with Gasteiger partial charge in [-0.1, -0.05) is 41.4 Å². The summed E-state index contributed by atoms with van der Waals surface area (Å²) in [6.45, 7) is 7.03. The van der Waals surface area contributed by atoms with Crippen LogP contribution in [0.25, 0.3) is 5.69 Å². The van der Waals surface area contributed by atoms with E-state index in [0.717, 1.165) is 48.7 Å². The van der Waals surface area contributed by atoms with Gasteiger partial charge in [-0.25, -0.2) is 9.67 Å². The Labute approximate surface area is 169 Å². The van der Waals surface area contributed by atoms with E-state index in [-0.39, 0.29) is 0 Å². The number of halogens is 2. The molecule has 3 rings (SSSR count). The Morgan fingerprint density at radius 2 is 1.92 bits per heavy atom. The van der Waals surface area contributed by atoms with Crippen molar-refractivity contribution in [2.45, 2.75) is 31.3 Å². The molecule has 26 heavy (non-hydrogen) atoms. The van der Waals surface area contributed by atoms with Crippen LogP contribution in [0.3, 0.4) is 0 Å². The van der Waals surface area contributed by atoms with Crippen LogP contribution in [0.4, 0.5) is 0 Å². The first-order chi connectivity index (χ1) is 12.6. The second kappa shape index (κ2) is 9.95. The Bertz CT molecular complexity index is 719. The second-order valence-electron chi connectivity index (χ2n) is 6.31. The minimum absolute atomic E-state index is 0.522. The van der Waals surface area contributed by atoms with Crippen LogP contribution in [0.5, 0.6) is 0 Å². The second-order valence-corrected chi connectivity index (χ2v) is 8.19. The summed E-state index contributed by atoms with van der Waals surface area (Å²) in [4.78, 5) is 7.03. The monoisotopic (exact) mass is 414 g/mol. The maximum Gasteiger partial charge on any atom is 0.209 e. The third-order valence-corrected chi connectivity index (χ3v) is 6.01. The molecule has 0 unspecified atom stereocenters. The van der Waals surface area contributed by atoms with Crippen LogP contribution in [-0.4, -0.2) is 58.3 Å². The molecule has 0 amide bonds. The van der Waals surface area contributed by atoms with Crippen LogP contribution in [-0.2, 0) is 4.74 Å². The molecule has 1 aromatic heterocycles. The van der Waals surface area contributed by atoms with E-state index in [0.29, 0.717) is 10.0 Å². The number of aryl methyl sites for hydroxylation is 1. The Balaban J connectivity index is 1.42. The minimum Gasteiger partial charge on any atom is -0.379 e. The summed E-state index contributed by atoms with van der Waals surface area (Å²) < 4.78 is 7.18. The summed E-state index contributed by atoms with van der Waals surface area (Å²) in [5, 5.41) is 6.46. The van der Waals surface area contributed by atoms with E-state index < -0.39 is 0 Å². The number of ether oxygens (including phenoxy) is 1. The average molecular weight is 415 g/mol. The molecule has 0 saturated carbocycles. The zero-order valence-electron chi connectivity index (χ0n) is 15.0. The van der Waals surface area contributed by atoms with Gasteiger partial charge in [0.05, 0.1) is 28.9 Å². The highest BCUT2D eigenvalue weighted by Crippen LogP contribution is 2.25. The summed E-state index contributed by atoms with van der Waals surface area (Å²) in [5.41, 5.74) is 0.877. The van der Waals surface area contributed by atoms with Crippen molar-refractivity contribution >= 4 is 35.0 Å². The average Bonchev–Trinajstić information content (AvgIpc) is 3.02. The van der Waals surface area contributed by atoms with Crippen LogP contribution in [0, 0.1) is 6.92 Å². The highest BCUT2D eigenvalue weighted by atomic mass is 35.5. The molecular weight excluding hydrogens is 391 g/mol. The van der Waals surface area contributed by atoms with Crippen molar-refractivity contribution in [3.8, 4) is 5.69 Å². The van der Waals surface area contributed by atoms with Crippen LogP contribution in [0.2, 0.25) is 10.0 Å². The Kier molecular flexibility index (Phi) is 7.64. The highest BCUT2D eigenvalue weighted by Gasteiger charge is 2.11. The molecule has 1 fully saturated rings. The standard InChI is InChI=1S/C18H24Cl2N4OS/c1-14-21-18(22-24(14)15-5-6-16(19)17(20)13-15)26-12-4-2-3-7-23-8-10-25-11-9-23/h5-6,13H,2-4,7-12H2,1H3. The number of aromatic nitrogens is 3. The molecular formula is C18H24Cl2N4OS. The fourth-order valence-electron chi connectivity index (χ4n) is 2.89. The van der Waals surface area contributed by atoms with E-state index in [1.165, 1.54) is 25.8 Å². The van der Waals surface area contributed by atoms with Gasteiger partial charge in [-0.05, 0) is 44.5 Å². The van der Waals surface area contributed by atoms with Crippen LogP contribution >= 0.6 is 35.0 Å². The summed E-state index contributed by atoms with van der Waals surface area (Å²) in [6, 6.07) is 5.49. The summed E-state index contributed by atoms with van der Waals surface area (Å²) in [5.74, 6) is 1.88. The van der Waals surface area contributed by atoms with Gasteiger partial charge < -0.3 is 4.74 Å². The smallest absolute Gasteiger partial charge is 0.209 e. The predicted octanol–water partition coefficient (Wildman–Crippen LogP) is 4.48. The highest BCUT2D eigenvalue weighted by molar-refractivity contribution is 7.99. The van der Waals surface area contributed by atoms with E-state index in [2.05, 4.69) is 15.0 Å². The Hall–Kier alpha value is -0.790. The molecule has 0 bridgehead atoms. The van der Waals surface area contributed by atoms with Gasteiger partial charge in [-0.15, -0.1) is 5.10 Å². The van der Waals surface area contributed by atoms with Crippen molar-refractivity contribution in [1.29, 1.82) is 0 Å². The van der Waals surface area contributed by atoms with Gasteiger partial charge in [-0.2, -0.15) is 0 Å². The van der Waals surface area contributed by atoms with Crippen molar-refractivity contribution in [2.75, 3.05) is 38.6 Å². The number of rotatable bonds is 8. The first-order valence-corrected chi connectivity index (χ1v) is 10.7. The molecule has 1 aliphatic heterocycles. The van der Waals surface area contributed by atoms with Crippen molar-refractivity contribution in [3.05, 3.63) is 34.1 Å². The molecule has 0 aliphatic carbocycles. The molecule has 2 aromatic rings. The van der Waals surface area contributed by atoms with Gasteiger partial charge in [0, 0.05) is 18.8 Å². The first kappa shape index (κ1) is 20.0. The third-order valence-electron chi connectivity index (χ3n) is 4.35. The van der Waals surface area contributed by atoms with E-state index in [1.807, 2.05) is 23.7 Å². The fraction of sp³-hybridized carbons (Fsp3) is 0.556. The molecule has 0 N–H and O–H groups in total. The van der Waals surface area contributed by atoms with Crippen LogP contribution < -0.4 is 0 Å². The molecule has 1 saturated heterocycles. The molecule has 0 atom stereocenters. The largest absolute Gasteiger partial charge is 0.379 e. The van der Waals surface area contributed by atoms with Crippen molar-refractivity contribution in [1.82, 2.24) is 19.7 Å². The number of hydrogen-bond donors (Lipinski definition) is 0. The van der Waals surface area contributed by atoms with E-state index >= 15 is 0 Å². The molecule has 1 aliphatic rings. The molecule has 0 radical (unpaired) electrons. The molecule has 8 heteroatoms.